The zero-order valence-corrected chi connectivity index (χ0v) is 7.85. The molecule has 12 heavy (non-hydrogen) atoms. The van der Waals surface area contributed by atoms with Gasteiger partial charge in [0, 0.05) is 25.5 Å². The molecule has 0 spiro atoms. The molecule has 0 aliphatic heterocycles. The SMILES string of the molecule is CCC(=O)NCC1(COC)CC1. The largest absolute Gasteiger partial charge is 0.384 e. The van der Waals surface area contributed by atoms with E-state index >= 15 is 0 Å². The molecule has 0 aromatic carbocycles. The highest BCUT2D eigenvalue weighted by Gasteiger charge is 2.42. The van der Waals surface area contributed by atoms with Gasteiger partial charge in [0.15, 0.2) is 0 Å². The molecule has 1 N–H and O–H groups in total. The number of hydrogen-bond donors (Lipinski definition) is 1. The molecule has 0 atom stereocenters. The van der Waals surface area contributed by atoms with Crippen LogP contribution in [0.1, 0.15) is 26.2 Å². The third-order valence-corrected chi connectivity index (χ3v) is 2.39. The molecule has 1 saturated carbocycles. The number of methoxy groups -OCH3 is 1. The Morgan fingerprint density at radius 2 is 2.25 bits per heavy atom. The lowest BCUT2D eigenvalue weighted by atomic mass is 10.1. The minimum Gasteiger partial charge on any atom is -0.384 e. The van der Waals surface area contributed by atoms with Crippen molar-refractivity contribution >= 4 is 5.91 Å². The highest BCUT2D eigenvalue weighted by atomic mass is 16.5. The van der Waals surface area contributed by atoms with E-state index in [0.29, 0.717) is 6.42 Å². The first kappa shape index (κ1) is 9.52. The van der Waals surface area contributed by atoms with Crippen LogP contribution in [-0.4, -0.2) is 26.2 Å². The van der Waals surface area contributed by atoms with Crippen molar-refractivity contribution in [2.75, 3.05) is 20.3 Å². The summed E-state index contributed by atoms with van der Waals surface area (Å²) in [6, 6.07) is 0. The van der Waals surface area contributed by atoms with Crippen molar-refractivity contribution in [1.29, 1.82) is 0 Å². The van der Waals surface area contributed by atoms with Gasteiger partial charge in [0.1, 0.15) is 0 Å². The maximum absolute atomic E-state index is 10.9. The molecule has 70 valence electrons. The maximum Gasteiger partial charge on any atom is 0.219 e. The van der Waals surface area contributed by atoms with E-state index in [-0.39, 0.29) is 11.3 Å². The van der Waals surface area contributed by atoms with E-state index < -0.39 is 0 Å². The minimum atomic E-state index is 0.136. The number of carbonyl (C=O) groups excluding carboxylic acids is 1. The van der Waals surface area contributed by atoms with Crippen LogP contribution in [0, 0.1) is 5.41 Å². The van der Waals surface area contributed by atoms with Gasteiger partial charge in [-0.1, -0.05) is 6.92 Å². The number of nitrogens with one attached hydrogen (secondary N) is 1. The van der Waals surface area contributed by atoms with E-state index in [9.17, 15) is 4.79 Å². The van der Waals surface area contributed by atoms with Crippen LogP contribution in [0.4, 0.5) is 0 Å². The Labute approximate surface area is 73.5 Å². The Kier molecular flexibility index (Phi) is 3.09. The van der Waals surface area contributed by atoms with Gasteiger partial charge >= 0.3 is 0 Å². The molecule has 1 fully saturated rings. The molecule has 1 aliphatic carbocycles. The molecular weight excluding hydrogens is 154 g/mol. The first-order valence-corrected chi connectivity index (χ1v) is 4.48. The number of amides is 1. The molecule has 3 nitrogen and oxygen atoms in total. The summed E-state index contributed by atoms with van der Waals surface area (Å²) in [6.45, 7) is 3.43. The second kappa shape index (κ2) is 3.90. The van der Waals surface area contributed by atoms with Crippen LogP contribution in [0.15, 0.2) is 0 Å². The highest BCUT2D eigenvalue weighted by Crippen LogP contribution is 2.44. The van der Waals surface area contributed by atoms with Gasteiger partial charge in [-0.2, -0.15) is 0 Å². The molecular formula is C9H17NO2. The van der Waals surface area contributed by atoms with Crippen molar-refractivity contribution in [3.05, 3.63) is 0 Å². The number of ether oxygens (including phenoxy) is 1. The average molecular weight is 171 g/mol. The molecule has 0 unspecified atom stereocenters. The lowest BCUT2D eigenvalue weighted by Gasteiger charge is -2.13. The molecule has 3 heteroatoms. The zero-order chi connectivity index (χ0) is 9.03. The molecule has 0 aromatic heterocycles. The van der Waals surface area contributed by atoms with E-state index in [4.69, 9.17) is 4.74 Å². The Morgan fingerprint density at radius 3 is 2.67 bits per heavy atom. The lowest BCUT2D eigenvalue weighted by Crippen LogP contribution is -2.31. The average Bonchev–Trinajstić information content (AvgIpc) is 2.82. The lowest BCUT2D eigenvalue weighted by molar-refractivity contribution is -0.121. The van der Waals surface area contributed by atoms with Crippen molar-refractivity contribution in [3.8, 4) is 0 Å². The van der Waals surface area contributed by atoms with Crippen LogP contribution in [0.3, 0.4) is 0 Å². The summed E-state index contributed by atoms with van der Waals surface area (Å²) in [5.74, 6) is 0.136. The molecule has 0 saturated heterocycles. The normalized spacial score (nSPS) is 18.8. The second-order valence-electron chi connectivity index (χ2n) is 3.56. The smallest absolute Gasteiger partial charge is 0.219 e. The number of rotatable bonds is 5. The molecule has 1 aliphatic rings. The van der Waals surface area contributed by atoms with Crippen LogP contribution >= 0.6 is 0 Å². The van der Waals surface area contributed by atoms with E-state index in [1.807, 2.05) is 6.92 Å². The van der Waals surface area contributed by atoms with Gasteiger partial charge in [0.25, 0.3) is 0 Å². The quantitative estimate of drug-likeness (QED) is 0.668. The zero-order valence-electron chi connectivity index (χ0n) is 7.85. The van der Waals surface area contributed by atoms with E-state index in [1.165, 1.54) is 12.8 Å². The summed E-state index contributed by atoms with van der Waals surface area (Å²) in [5.41, 5.74) is 0.277. The fourth-order valence-electron chi connectivity index (χ4n) is 1.27. The molecule has 0 radical (unpaired) electrons. The third-order valence-electron chi connectivity index (χ3n) is 2.39. The van der Waals surface area contributed by atoms with E-state index in [0.717, 1.165) is 13.2 Å². The van der Waals surface area contributed by atoms with Gasteiger partial charge in [-0.3, -0.25) is 4.79 Å². The molecule has 1 amide bonds. The van der Waals surface area contributed by atoms with Crippen molar-refractivity contribution in [2.45, 2.75) is 26.2 Å². The predicted octanol–water partition coefficient (Wildman–Crippen LogP) is 0.939. The molecule has 0 aromatic rings. The van der Waals surface area contributed by atoms with Crippen LogP contribution in [-0.2, 0) is 9.53 Å². The van der Waals surface area contributed by atoms with Crippen molar-refractivity contribution < 1.29 is 9.53 Å². The van der Waals surface area contributed by atoms with E-state index in [1.54, 1.807) is 7.11 Å². The Hall–Kier alpha value is -0.570. The standard InChI is InChI=1S/C9H17NO2/c1-3-8(11)10-6-9(4-5-9)7-12-2/h3-7H2,1-2H3,(H,10,11). The van der Waals surface area contributed by atoms with E-state index in [2.05, 4.69) is 5.32 Å². The van der Waals surface area contributed by atoms with Gasteiger partial charge in [0.2, 0.25) is 5.91 Å². The van der Waals surface area contributed by atoms with Gasteiger partial charge in [-0.15, -0.1) is 0 Å². The Morgan fingerprint density at radius 1 is 1.58 bits per heavy atom. The topological polar surface area (TPSA) is 38.3 Å². The highest BCUT2D eigenvalue weighted by molar-refractivity contribution is 5.75. The summed E-state index contributed by atoms with van der Waals surface area (Å²) in [6.07, 6.45) is 2.94. The van der Waals surface area contributed by atoms with Gasteiger partial charge in [-0.05, 0) is 12.8 Å². The summed E-state index contributed by atoms with van der Waals surface area (Å²) in [5, 5.41) is 2.90. The first-order valence-electron chi connectivity index (χ1n) is 4.48. The fourth-order valence-corrected chi connectivity index (χ4v) is 1.27. The Balaban J connectivity index is 2.17. The van der Waals surface area contributed by atoms with Gasteiger partial charge < -0.3 is 10.1 Å². The summed E-state index contributed by atoms with van der Waals surface area (Å²) >= 11 is 0. The fraction of sp³-hybridized carbons (Fsp3) is 0.889. The third kappa shape index (κ3) is 2.48. The van der Waals surface area contributed by atoms with Crippen molar-refractivity contribution in [2.24, 2.45) is 5.41 Å². The second-order valence-corrected chi connectivity index (χ2v) is 3.56. The number of carbonyl (C=O) groups is 1. The van der Waals surface area contributed by atoms with Crippen LogP contribution in [0.2, 0.25) is 0 Å². The minimum absolute atomic E-state index is 0.136. The van der Waals surface area contributed by atoms with Crippen LogP contribution in [0.5, 0.6) is 0 Å². The van der Waals surface area contributed by atoms with Gasteiger partial charge in [-0.25, -0.2) is 0 Å². The van der Waals surface area contributed by atoms with Crippen LogP contribution < -0.4 is 5.32 Å². The molecule has 1 rings (SSSR count). The summed E-state index contributed by atoms with van der Waals surface area (Å²) in [7, 11) is 1.71. The first-order chi connectivity index (χ1) is 5.72. The Bertz CT molecular complexity index is 164. The summed E-state index contributed by atoms with van der Waals surface area (Å²) in [4.78, 5) is 10.9. The molecule has 0 bridgehead atoms. The summed E-state index contributed by atoms with van der Waals surface area (Å²) < 4.78 is 5.08. The van der Waals surface area contributed by atoms with Crippen LogP contribution in [0.25, 0.3) is 0 Å². The van der Waals surface area contributed by atoms with Crippen molar-refractivity contribution in [1.82, 2.24) is 5.32 Å². The predicted molar refractivity (Wildman–Crippen MR) is 46.8 cm³/mol. The van der Waals surface area contributed by atoms with Gasteiger partial charge in [0.05, 0.1) is 6.61 Å². The maximum atomic E-state index is 10.9. The monoisotopic (exact) mass is 171 g/mol. The molecule has 0 heterocycles. The van der Waals surface area contributed by atoms with Crippen molar-refractivity contribution in [3.63, 3.8) is 0 Å². The number of hydrogen-bond acceptors (Lipinski definition) is 2.